The highest BCUT2D eigenvalue weighted by atomic mass is 15.1. The van der Waals surface area contributed by atoms with E-state index in [0.717, 1.165) is 19.4 Å². The fourth-order valence-electron chi connectivity index (χ4n) is 2.44. The van der Waals surface area contributed by atoms with Crippen molar-refractivity contribution in [3.8, 4) is 0 Å². The van der Waals surface area contributed by atoms with Gasteiger partial charge < -0.3 is 4.57 Å². The van der Waals surface area contributed by atoms with Gasteiger partial charge in [0.25, 0.3) is 0 Å². The maximum atomic E-state index is 4.77. The van der Waals surface area contributed by atoms with Crippen LogP contribution in [0.1, 0.15) is 50.2 Å². The van der Waals surface area contributed by atoms with Gasteiger partial charge >= 0.3 is 0 Å². The Bertz CT molecular complexity index is 497. The van der Waals surface area contributed by atoms with Crippen LogP contribution in [0.15, 0.2) is 36.5 Å². The number of aryl methyl sites for hydroxylation is 3. The molecule has 102 valence electrons. The van der Waals surface area contributed by atoms with E-state index in [2.05, 4.69) is 61.9 Å². The van der Waals surface area contributed by atoms with Crippen molar-refractivity contribution in [3.63, 3.8) is 0 Å². The average molecular weight is 256 g/mol. The van der Waals surface area contributed by atoms with Crippen LogP contribution in [0.25, 0.3) is 0 Å². The highest BCUT2D eigenvalue weighted by Crippen LogP contribution is 2.16. The number of rotatable bonds is 6. The first-order chi connectivity index (χ1) is 9.20. The quantitative estimate of drug-likeness (QED) is 0.757. The smallest absolute Gasteiger partial charge is 0.111 e. The van der Waals surface area contributed by atoms with Crippen LogP contribution < -0.4 is 0 Å². The Balaban J connectivity index is 1.93. The molecule has 1 heterocycles. The molecule has 0 spiro atoms. The number of hydrogen-bond acceptors (Lipinski definition) is 1. The summed E-state index contributed by atoms with van der Waals surface area (Å²) in [6.07, 6.45) is 5.60. The second-order valence-electron chi connectivity index (χ2n) is 5.37. The number of hydrogen-bond donors (Lipinski definition) is 0. The standard InChI is InChI=1S/C17H24N2/c1-4-19-13-16(18-17(19)14(2)3)12-8-11-15-9-6-5-7-10-15/h5-7,9-10,13-14H,4,8,11-12H2,1-3H3. The second kappa shape index (κ2) is 6.55. The summed E-state index contributed by atoms with van der Waals surface area (Å²) >= 11 is 0. The summed E-state index contributed by atoms with van der Waals surface area (Å²) in [5.41, 5.74) is 2.66. The molecule has 0 amide bonds. The van der Waals surface area contributed by atoms with Crippen LogP contribution in [0.3, 0.4) is 0 Å². The van der Waals surface area contributed by atoms with Gasteiger partial charge in [-0.15, -0.1) is 0 Å². The molecule has 0 bridgehead atoms. The fourth-order valence-corrected chi connectivity index (χ4v) is 2.44. The van der Waals surface area contributed by atoms with Crippen molar-refractivity contribution in [2.24, 2.45) is 0 Å². The Morgan fingerprint density at radius 2 is 1.84 bits per heavy atom. The zero-order valence-electron chi connectivity index (χ0n) is 12.3. The van der Waals surface area contributed by atoms with E-state index >= 15 is 0 Å². The Morgan fingerprint density at radius 3 is 2.42 bits per heavy atom. The molecular formula is C17H24N2. The van der Waals surface area contributed by atoms with Crippen molar-refractivity contribution in [1.29, 1.82) is 0 Å². The number of benzene rings is 1. The van der Waals surface area contributed by atoms with E-state index in [-0.39, 0.29) is 0 Å². The molecule has 0 aliphatic carbocycles. The molecule has 0 aliphatic heterocycles. The van der Waals surface area contributed by atoms with Crippen molar-refractivity contribution >= 4 is 0 Å². The Kier molecular flexibility index (Phi) is 4.78. The molecule has 0 aliphatic rings. The number of nitrogens with zero attached hydrogens (tertiary/aromatic N) is 2. The van der Waals surface area contributed by atoms with Crippen LogP contribution in [-0.2, 0) is 19.4 Å². The molecule has 1 aromatic carbocycles. The molecule has 0 N–H and O–H groups in total. The second-order valence-corrected chi connectivity index (χ2v) is 5.37. The van der Waals surface area contributed by atoms with E-state index in [4.69, 9.17) is 4.98 Å². The van der Waals surface area contributed by atoms with Crippen LogP contribution >= 0.6 is 0 Å². The third kappa shape index (κ3) is 3.69. The minimum atomic E-state index is 0.503. The van der Waals surface area contributed by atoms with E-state index in [1.807, 2.05) is 0 Å². The van der Waals surface area contributed by atoms with E-state index in [1.54, 1.807) is 0 Å². The molecule has 2 nitrogen and oxygen atoms in total. The molecule has 0 atom stereocenters. The van der Waals surface area contributed by atoms with E-state index < -0.39 is 0 Å². The topological polar surface area (TPSA) is 17.8 Å². The van der Waals surface area contributed by atoms with Crippen LogP contribution in [0.5, 0.6) is 0 Å². The third-order valence-electron chi connectivity index (χ3n) is 3.46. The highest BCUT2D eigenvalue weighted by molar-refractivity contribution is 5.15. The Labute approximate surface area is 116 Å². The summed E-state index contributed by atoms with van der Waals surface area (Å²) in [6, 6.07) is 10.7. The first kappa shape index (κ1) is 13.9. The van der Waals surface area contributed by atoms with Gasteiger partial charge in [-0.2, -0.15) is 0 Å². The van der Waals surface area contributed by atoms with E-state index in [1.165, 1.54) is 23.5 Å². The number of imidazole rings is 1. The van der Waals surface area contributed by atoms with Gasteiger partial charge in [0.1, 0.15) is 5.82 Å². The van der Waals surface area contributed by atoms with Gasteiger partial charge in [-0.1, -0.05) is 44.2 Å². The minimum Gasteiger partial charge on any atom is -0.335 e. The van der Waals surface area contributed by atoms with Crippen molar-refractivity contribution in [2.75, 3.05) is 0 Å². The summed E-state index contributed by atoms with van der Waals surface area (Å²) < 4.78 is 2.28. The fraction of sp³-hybridized carbons (Fsp3) is 0.471. The highest BCUT2D eigenvalue weighted by Gasteiger charge is 2.09. The van der Waals surface area contributed by atoms with Crippen LogP contribution in [0, 0.1) is 0 Å². The van der Waals surface area contributed by atoms with E-state index in [9.17, 15) is 0 Å². The SMILES string of the molecule is CCn1cc(CCCc2ccccc2)nc1C(C)C. The Hall–Kier alpha value is -1.57. The van der Waals surface area contributed by atoms with Crippen LogP contribution in [0.2, 0.25) is 0 Å². The maximum Gasteiger partial charge on any atom is 0.111 e. The van der Waals surface area contributed by atoms with Gasteiger partial charge in [-0.25, -0.2) is 4.98 Å². The summed E-state index contributed by atoms with van der Waals surface area (Å²) in [5.74, 6) is 1.72. The minimum absolute atomic E-state index is 0.503. The zero-order chi connectivity index (χ0) is 13.7. The van der Waals surface area contributed by atoms with Crippen molar-refractivity contribution in [1.82, 2.24) is 9.55 Å². The molecule has 2 heteroatoms. The van der Waals surface area contributed by atoms with Crippen LogP contribution in [-0.4, -0.2) is 9.55 Å². The molecule has 0 radical (unpaired) electrons. The lowest BCUT2D eigenvalue weighted by atomic mass is 10.1. The maximum absolute atomic E-state index is 4.77. The average Bonchev–Trinajstić information content (AvgIpc) is 2.83. The van der Waals surface area contributed by atoms with Gasteiger partial charge in [0, 0.05) is 18.7 Å². The molecule has 0 saturated carbocycles. The molecule has 0 unspecified atom stereocenters. The molecule has 1 aromatic heterocycles. The molecule has 2 rings (SSSR count). The van der Waals surface area contributed by atoms with Gasteiger partial charge in [0.05, 0.1) is 5.69 Å². The van der Waals surface area contributed by atoms with Gasteiger partial charge in [-0.05, 0) is 31.7 Å². The van der Waals surface area contributed by atoms with Gasteiger partial charge in [0.15, 0.2) is 0 Å². The predicted molar refractivity (Wildman–Crippen MR) is 80.5 cm³/mol. The first-order valence-electron chi connectivity index (χ1n) is 7.30. The largest absolute Gasteiger partial charge is 0.335 e. The summed E-state index contributed by atoms with van der Waals surface area (Å²) in [7, 11) is 0. The molecule has 2 aromatic rings. The van der Waals surface area contributed by atoms with Gasteiger partial charge in [0.2, 0.25) is 0 Å². The Morgan fingerprint density at radius 1 is 1.11 bits per heavy atom. The third-order valence-corrected chi connectivity index (χ3v) is 3.46. The molecular weight excluding hydrogens is 232 g/mol. The first-order valence-corrected chi connectivity index (χ1v) is 7.30. The lowest BCUT2D eigenvalue weighted by molar-refractivity contribution is 0.652. The van der Waals surface area contributed by atoms with Crippen molar-refractivity contribution in [3.05, 3.63) is 53.6 Å². The monoisotopic (exact) mass is 256 g/mol. The van der Waals surface area contributed by atoms with Crippen molar-refractivity contribution in [2.45, 2.75) is 52.5 Å². The summed E-state index contributed by atoms with van der Waals surface area (Å²) in [6.45, 7) is 7.62. The zero-order valence-corrected chi connectivity index (χ0v) is 12.3. The number of aromatic nitrogens is 2. The normalized spacial score (nSPS) is 11.2. The van der Waals surface area contributed by atoms with Crippen LogP contribution in [0.4, 0.5) is 0 Å². The summed E-state index contributed by atoms with van der Waals surface area (Å²) in [4.78, 5) is 4.77. The lowest BCUT2D eigenvalue weighted by Gasteiger charge is -2.06. The van der Waals surface area contributed by atoms with Gasteiger partial charge in [-0.3, -0.25) is 0 Å². The van der Waals surface area contributed by atoms with E-state index in [0.29, 0.717) is 5.92 Å². The predicted octanol–water partition coefficient (Wildman–Crippen LogP) is 4.20. The lowest BCUT2D eigenvalue weighted by Crippen LogP contribution is -2.01. The molecule has 19 heavy (non-hydrogen) atoms. The molecule has 0 saturated heterocycles. The molecule has 0 fully saturated rings. The van der Waals surface area contributed by atoms with Crippen molar-refractivity contribution < 1.29 is 0 Å². The summed E-state index contributed by atoms with van der Waals surface area (Å²) in [5, 5.41) is 0.